The van der Waals surface area contributed by atoms with Crippen molar-refractivity contribution in [2.75, 3.05) is 24.2 Å². The molecule has 1 saturated carbocycles. The second-order valence-corrected chi connectivity index (χ2v) is 7.33. The molecular weight excluding hydrogens is 288 g/mol. The lowest BCUT2D eigenvalue weighted by Gasteiger charge is -2.24. The number of nitrogen functional groups attached to an aromatic ring is 1. The molecule has 1 heterocycles. The van der Waals surface area contributed by atoms with E-state index in [1.807, 2.05) is 0 Å². The van der Waals surface area contributed by atoms with Gasteiger partial charge < -0.3 is 21.5 Å². The summed E-state index contributed by atoms with van der Waals surface area (Å²) in [6, 6.07) is 0.490. The number of amides is 1. The average molecular weight is 312 g/mol. The molecule has 1 aromatic heterocycles. The fourth-order valence-electron chi connectivity index (χ4n) is 2.00. The van der Waals surface area contributed by atoms with Gasteiger partial charge in [0.1, 0.15) is 10.7 Å². The molecule has 21 heavy (non-hydrogen) atoms. The first-order valence-corrected chi connectivity index (χ1v) is 8.15. The minimum absolute atomic E-state index is 0.0487. The highest BCUT2D eigenvalue weighted by Crippen LogP contribution is 2.30. The Morgan fingerprint density at radius 2 is 2.24 bits per heavy atom. The van der Waals surface area contributed by atoms with Crippen LogP contribution in [0.5, 0.6) is 0 Å². The molecule has 0 atom stereocenters. The molecular formula is C14H24N4O2S. The van der Waals surface area contributed by atoms with E-state index < -0.39 is 0 Å². The summed E-state index contributed by atoms with van der Waals surface area (Å²) in [6.45, 7) is 4.86. The molecule has 0 spiro atoms. The predicted molar refractivity (Wildman–Crippen MR) is 85.6 cm³/mol. The van der Waals surface area contributed by atoms with E-state index in [-0.39, 0.29) is 23.7 Å². The van der Waals surface area contributed by atoms with E-state index in [0.717, 1.165) is 30.8 Å². The Morgan fingerprint density at radius 3 is 2.86 bits per heavy atom. The molecule has 2 rings (SSSR count). The Bertz CT molecular complexity index is 497. The van der Waals surface area contributed by atoms with Crippen molar-refractivity contribution in [3.63, 3.8) is 0 Å². The third-order valence-corrected chi connectivity index (χ3v) is 4.50. The van der Waals surface area contributed by atoms with E-state index in [1.54, 1.807) is 0 Å². The number of aliphatic hydroxyl groups is 1. The molecule has 1 aliphatic carbocycles. The van der Waals surface area contributed by atoms with Crippen LogP contribution in [0.2, 0.25) is 0 Å². The average Bonchev–Trinajstić information content (AvgIpc) is 3.16. The lowest BCUT2D eigenvalue weighted by atomic mass is 9.88. The Balaban J connectivity index is 1.88. The predicted octanol–water partition coefficient (Wildman–Crippen LogP) is 1.83. The SMILES string of the molecule is CC(C)(CCCO)CNC(=O)c1sc(NC2CC2)nc1N. The zero-order valence-corrected chi connectivity index (χ0v) is 13.4. The molecule has 7 heteroatoms. The molecule has 1 aromatic rings. The lowest BCUT2D eigenvalue weighted by molar-refractivity contribution is 0.0937. The van der Waals surface area contributed by atoms with Crippen molar-refractivity contribution in [2.24, 2.45) is 5.41 Å². The lowest BCUT2D eigenvalue weighted by Crippen LogP contribution is -2.34. The molecule has 0 saturated heterocycles. The second-order valence-electron chi connectivity index (χ2n) is 6.33. The maximum atomic E-state index is 12.2. The number of thiazole rings is 1. The van der Waals surface area contributed by atoms with Gasteiger partial charge in [0.25, 0.3) is 5.91 Å². The fraction of sp³-hybridized carbons (Fsp3) is 0.714. The first kappa shape index (κ1) is 16.0. The molecule has 118 valence electrons. The standard InChI is InChI=1S/C14H24N4O2S/c1-14(2,6-3-7-19)8-16-12(20)10-11(15)18-13(21-10)17-9-4-5-9/h9,19H,3-8,15H2,1-2H3,(H,16,20)(H,17,18). The smallest absolute Gasteiger partial charge is 0.265 e. The van der Waals surface area contributed by atoms with E-state index in [9.17, 15) is 4.79 Å². The third-order valence-electron chi connectivity index (χ3n) is 3.50. The van der Waals surface area contributed by atoms with Gasteiger partial charge in [0, 0.05) is 19.2 Å². The molecule has 1 fully saturated rings. The number of hydrogen-bond acceptors (Lipinski definition) is 6. The summed E-state index contributed by atoms with van der Waals surface area (Å²) in [4.78, 5) is 16.9. The van der Waals surface area contributed by atoms with Crippen LogP contribution in [0.15, 0.2) is 0 Å². The van der Waals surface area contributed by atoms with Crippen LogP contribution in [-0.2, 0) is 0 Å². The van der Waals surface area contributed by atoms with Crippen molar-refractivity contribution >= 4 is 28.2 Å². The van der Waals surface area contributed by atoms with Crippen molar-refractivity contribution in [2.45, 2.75) is 45.6 Å². The van der Waals surface area contributed by atoms with Gasteiger partial charge in [-0.2, -0.15) is 0 Å². The monoisotopic (exact) mass is 312 g/mol. The van der Waals surface area contributed by atoms with Crippen LogP contribution in [0.25, 0.3) is 0 Å². The number of nitrogens with two attached hydrogens (primary N) is 1. The molecule has 5 N–H and O–H groups in total. The first-order valence-electron chi connectivity index (χ1n) is 7.33. The van der Waals surface area contributed by atoms with Crippen LogP contribution in [-0.4, -0.2) is 35.2 Å². The number of aromatic nitrogens is 1. The molecule has 0 unspecified atom stereocenters. The number of hydrogen-bond donors (Lipinski definition) is 4. The molecule has 6 nitrogen and oxygen atoms in total. The third kappa shape index (κ3) is 4.86. The zero-order valence-electron chi connectivity index (χ0n) is 12.6. The Morgan fingerprint density at radius 1 is 1.52 bits per heavy atom. The number of carbonyl (C=O) groups is 1. The van der Waals surface area contributed by atoms with Gasteiger partial charge in [-0.25, -0.2) is 4.98 Å². The van der Waals surface area contributed by atoms with Crippen LogP contribution in [0.4, 0.5) is 10.9 Å². The maximum absolute atomic E-state index is 12.2. The van der Waals surface area contributed by atoms with Gasteiger partial charge in [-0.05, 0) is 31.1 Å². The van der Waals surface area contributed by atoms with Crippen molar-refractivity contribution in [1.29, 1.82) is 0 Å². The van der Waals surface area contributed by atoms with E-state index in [4.69, 9.17) is 10.8 Å². The quantitative estimate of drug-likeness (QED) is 0.587. The Hall–Kier alpha value is -1.34. The van der Waals surface area contributed by atoms with Gasteiger partial charge in [0.15, 0.2) is 5.13 Å². The summed E-state index contributed by atoms with van der Waals surface area (Å²) in [6.07, 6.45) is 3.90. The molecule has 1 aliphatic rings. The Kier molecular flexibility index (Phi) is 5.05. The van der Waals surface area contributed by atoms with Gasteiger partial charge in [0.2, 0.25) is 0 Å². The van der Waals surface area contributed by atoms with Gasteiger partial charge in [-0.1, -0.05) is 25.2 Å². The molecule has 0 radical (unpaired) electrons. The number of nitrogens with zero attached hydrogens (tertiary/aromatic N) is 1. The minimum atomic E-state index is -0.175. The van der Waals surface area contributed by atoms with Crippen LogP contribution in [0.3, 0.4) is 0 Å². The Labute approximate surface area is 129 Å². The molecule has 0 aromatic carbocycles. The van der Waals surface area contributed by atoms with Crippen molar-refractivity contribution in [3.05, 3.63) is 4.88 Å². The molecule has 0 aliphatic heterocycles. The van der Waals surface area contributed by atoms with E-state index in [2.05, 4.69) is 29.5 Å². The molecule has 1 amide bonds. The van der Waals surface area contributed by atoms with Crippen molar-refractivity contribution in [3.8, 4) is 0 Å². The number of anilines is 2. The summed E-state index contributed by atoms with van der Waals surface area (Å²) in [5.74, 6) is 0.111. The highest BCUT2D eigenvalue weighted by Gasteiger charge is 2.25. The minimum Gasteiger partial charge on any atom is -0.396 e. The summed E-state index contributed by atoms with van der Waals surface area (Å²) in [5.41, 5.74) is 5.77. The van der Waals surface area contributed by atoms with Crippen LogP contribution < -0.4 is 16.4 Å². The zero-order chi connectivity index (χ0) is 15.5. The van der Waals surface area contributed by atoms with Gasteiger partial charge in [0.05, 0.1) is 0 Å². The fourth-order valence-corrected chi connectivity index (χ4v) is 2.88. The van der Waals surface area contributed by atoms with Crippen LogP contribution in [0.1, 0.15) is 49.2 Å². The van der Waals surface area contributed by atoms with Gasteiger partial charge in [-0.3, -0.25) is 4.79 Å². The summed E-state index contributed by atoms with van der Waals surface area (Å²) < 4.78 is 0. The highest BCUT2D eigenvalue weighted by atomic mass is 32.1. The second kappa shape index (κ2) is 6.62. The van der Waals surface area contributed by atoms with E-state index >= 15 is 0 Å². The van der Waals surface area contributed by atoms with Gasteiger partial charge >= 0.3 is 0 Å². The van der Waals surface area contributed by atoms with Crippen molar-refractivity contribution < 1.29 is 9.90 Å². The highest BCUT2D eigenvalue weighted by molar-refractivity contribution is 7.18. The summed E-state index contributed by atoms with van der Waals surface area (Å²) >= 11 is 1.31. The number of rotatable bonds is 8. The normalized spacial score (nSPS) is 15.0. The summed E-state index contributed by atoms with van der Waals surface area (Å²) in [5, 5.41) is 15.8. The topological polar surface area (TPSA) is 100 Å². The summed E-state index contributed by atoms with van der Waals surface area (Å²) in [7, 11) is 0. The van der Waals surface area contributed by atoms with E-state index in [1.165, 1.54) is 11.3 Å². The van der Waals surface area contributed by atoms with E-state index in [0.29, 0.717) is 17.5 Å². The van der Waals surface area contributed by atoms with Crippen molar-refractivity contribution in [1.82, 2.24) is 10.3 Å². The van der Waals surface area contributed by atoms with Crippen LogP contribution in [0, 0.1) is 5.41 Å². The largest absolute Gasteiger partial charge is 0.396 e. The first-order chi connectivity index (χ1) is 9.91. The number of aliphatic hydroxyl groups excluding tert-OH is 1. The molecule has 0 bridgehead atoms. The van der Waals surface area contributed by atoms with Crippen LogP contribution >= 0.6 is 11.3 Å². The number of nitrogens with one attached hydrogen (secondary N) is 2. The maximum Gasteiger partial charge on any atom is 0.265 e. The number of carbonyl (C=O) groups excluding carboxylic acids is 1. The van der Waals surface area contributed by atoms with Gasteiger partial charge in [-0.15, -0.1) is 0 Å².